The van der Waals surface area contributed by atoms with Crippen molar-refractivity contribution < 1.29 is 19.3 Å². The van der Waals surface area contributed by atoms with Crippen LogP contribution in [0.3, 0.4) is 0 Å². The molecule has 0 aliphatic carbocycles. The van der Waals surface area contributed by atoms with E-state index in [0.29, 0.717) is 6.61 Å². The van der Waals surface area contributed by atoms with Crippen molar-refractivity contribution in [1.82, 2.24) is 0 Å². The summed E-state index contributed by atoms with van der Waals surface area (Å²) in [6.45, 7) is 2.29. The van der Waals surface area contributed by atoms with Gasteiger partial charge in [-0.25, -0.2) is 0 Å². The molecule has 0 aromatic rings. The van der Waals surface area contributed by atoms with E-state index in [2.05, 4.69) is 0 Å². The van der Waals surface area contributed by atoms with Crippen LogP contribution < -0.4 is 0 Å². The number of aliphatic hydroxyl groups excluding tert-OH is 1. The molecule has 2 aliphatic rings. The molecule has 0 radical (unpaired) electrons. The van der Waals surface area contributed by atoms with Crippen LogP contribution in [0.15, 0.2) is 12.3 Å². The minimum atomic E-state index is -0.574. The van der Waals surface area contributed by atoms with Crippen molar-refractivity contribution in [3.63, 3.8) is 0 Å². The van der Waals surface area contributed by atoms with Crippen molar-refractivity contribution in [2.24, 2.45) is 0 Å². The summed E-state index contributed by atoms with van der Waals surface area (Å²) in [5, 5.41) is 9.47. The zero-order chi connectivity index (χ0) is 8.55. The molecular weight excluding hydrogens is 160 g/mol. The Morgan fingerprint density at radius 3 is 3.17 bits per heavy atom. The van der Waals surface area contributed by atoms with E-state index in [9.17, 15) is 5.11 Å². The Morgan fingerprint density at radius 1 is 1.50 bits per heavy atom. The standard InChI is InChI=1S/C8H12O4/c1-5-11-4-7-8(12-5)6(9)2-3-10-7/h2-3,5-9H,4H2,1H3/t5?,6?,7?,8-/m0/s1. The first-order valence-corrected chi connectivity index (χ1v) is 4.04. The first-order valence-electron chi connectivity index (χ1n) is 4.04. The van der Waals surface area contributed by atoms with Crippen LogP contribution in [0.1, 0.15) is 6.92 Å². The van der Waals surface area contributed by atoms with Crippen molar-refractivity contribution in [2.75, 3.05) is 6.61 Å². The molecule has 0 aromatic heterocycles. The van der Waals surface area contributed by atoms with Gasteiger partial charge >= 0.3 is 0 Å². The maximum Gasteiger partial charge on any atom is 0.155 e. The van der Waals surface area contributed by atoms with Gasteiger partial charge in [0.25, 0.3) is 0 Å². The van der Waals surface area contributed by atoms with E-state index in [4.69, 9.17) is 14.2 Å². The van der Waals surface area contributed by atoms with Gasteiger partial charge in [0.15, 0.2) is 12.4 Å². The second kappa shape index (κ2) is 3.05. The molecule has 12 heavy (non-hydrogen) atoms. The Bertz CT molecular complexity index is 191. The van der Waals surface area contributed by atoms with E-state index in [1.54, 1.807) is 13.0 Å². The minimum Gasteiger partial charge on any atom is -0.493 e. The van der Waals surface area contributed by atoms with Crippen molar-refractivity contribution in [3.8, 4) is 0 Å². The highest BCUT2D eigenvalue weighted by atomic mass is 16.7. The van der Waals surface area contributed by atoms with E-state index in [0.717, 1.165) is 0 Å². The molecule has 2 heterocycles. The van der Waals surface area contributed by atoms with E-state index >= 15 is 0 Å². The van der Waals surface area contributed by atoms with Crippen molar-refractivity contribution in [2.45, 2.75) is 31.5 Å². The van der Waals surface area contributed by atoms with Crippen molar-refractivity contribution in [3.05, 3.63) is 12.3 Å². The van der Waals surface area contributed by atoms with Crippen LogP contribution in [0.25, 0.3) is 0 Å². The lowest BCUT2D eigenvalue weighted by Crippen LogP contribution is -2.50. The predicted molar refractivity (Wildman–Crippen MR) is 40.3 cm³/mol. The zero-order valence-electron chi connectivity index (χ0n) is 6.84. The fourth-order valence-electron chi connectivity index (χ4n) is 1.43. The van der Waals surface area contributed by atoms with Gasteiger partial charge in [-0.05, 0) is 13.0 Å². The third kappa shape index (κ3) is 1.33. The van der Waals surface area contributed by atoms with Gasteiger partial charge in [-0.2, -0.15) is 0 Å². The Hall–Kier alpha value is -0.580. The second-order valence-electron chi connectivity index (χ2n) is 3.00. The summed E-state index contributed by atoms with van der Waals surface area (Å²) in [4.78, 5) is 0. The maximum absolute atomic E-state index is 9.47. The highest BCUT2D eigenvalue weighted by molar-refractivity contribution is 4.98. The Kier molecular flexibility index (Phi) is 2.04. The molecule has 4 nitrogen and oxygen atoms in total. The van der Waals surface area contributed by atoms with Crippen LogP contribution in [0.2, 0.25) is 0 Å². The first-order chi connectivity index (χ1) is 5.77. The summed E-state index contributed by atoms with van der Waals surface area (Å²) >= 11 is 0. The van der Waals surface area contributed by atoms with Gasteiger partial charge < -0.3 is 19.3 Å². The van der Waals surface area contributed by atoms with Crippen LogP contribution in [0, 0.1) is 0 Å². The molecule has 4 atom stereocenters. The Morgan fingerprint density at radius 2 is 2.33 bits per heavy atom. The normalized spacial score (nSPS) is 46.5. The minimum absolute atomic E-state index is 0.166. The van der Waals surface area contributed by atoms with Gasteiger partial charge in [0, 0.05) is 0 Å². The third-order valence-corrected chi connectivity index (χ3v) is 2.08. The fraction of sp³-hybridized carbons (Fsp3) is 0.750. The number of ether oxygens (including phenoxy) is 3. The molecule has 2 rings (SSSR count). The molecule has 1 N–H and O–H groups in total. The van der Waals surface area contributed by atoms with Crippen LogP contribution >= 0.6 is 0 Å². The Labute approximate surface area is 70.7 Å². The number of fused-ring (bicyclic) bond motifs is 1. The molecule has 0 aromatic carbocycles. The highest BCUT2D eigenvalue weighted by Crippen LogP contribution is 2.22. The topological polar surface area (TPSA) is 47.9 Å². The molecule has 1 saturated heterocycles. The van der Waals surface area contributed by atoms with Crippen LogP contribution in [-0.4, -0.2) is 36.3 Å². The predicted octanol–water partition coefficient (Wildman–Crippen LogP) is 0.0212. The van der Waals surface area contributed by atoms with E-state index in [1.165, 1.54) is 6.26 Å². The molecule has 0 amide bonds. The molecule has 68 valence electrons. The highest BCUT2D eigenvalue weighted by Gasteiger charge is 2.37. The number of hydrogen-bond donors (Lipinski definition) is 1. The molecule has 1 fully saturated rings. The molecule has 0 bridgehead atoms. The number of rotatable bonds is 0. The quantitative estimate of drug-likeness (QED) is 0.559. The summed E-state index contributed by atoms with van der Waals surface area (Å²) in [6, 6.07) is 0. The maximum atomic E-state index is 9.47. The fourth-order valence-corrected chi connectivity index (χ4v) is 1.43. The zero-order valence-corrected chi connectivity index (χ0v) is 6.84. The van der Waals surface area contributed by atoms with Crippen LogP contribution in [0.5, 0.6) is 0 Å². The molecular formula is C8H12O4. The van der Waals surface area contributed by atoms with E-state index < -0.39 is 6.10 Å². The smallest absolute Gasteiger partial charge is 0.155 e. The van der Waals surface area contributed by atoms with Crippen LogP contribution in [0.4, 0.5) is 0 Å². The summed E-state index contributed by atoms with van der Waals surface area (Å²) in [5.41, 5.74) is 0. The first kappa shape index (κ1) is 8.04. The molecule has 4 heteroatoms. The van der Waals surface area contributed by atoms with Gasteiger partial charge in [-0.3, -0.25) is 0 Å². The average Bonchev–Trinajstić information content (AvgIpc) is 2.07. The van der Waals surface area contributed by atoms with E-state index in [1.807, 2.05) is 0 Å². The second-order valence-corrected chi connectivity index (χ2v) is 3.00. The SMILES string of the molecule is CC1OCC2OC=CC(O)[C@@H]2O1. The molecule has 0 saturated carbocycles. The lowest BCUT2D eigenvalue weighted by molar-refractivity contribution is -0.264. The summed E-state index contributed by atoms with van der Waals surface area (Å²) in [6.07, 6.45) is 1.80. The number of hydrogen-bond acceptors (Lipinski definition) is 4. The summed E-state index contributed by atoms with van der Waals surface area (Å²) in [5.74, 6) is 0. The van der Waals surface area contributed by atoms with Gasteiger partial charge in [-0.15, -0.1) is 0 Å². The largest absolute Gasteiger partial charge is 0.493 e. The van der Waals surface area contributed by atoms with Gasteiger partial charge in [-0.1, -0.05) is 0 Å². The van der Waals surface area contributed by atoms with Crippen molar-refractivity contribution >= 4 is 0 Å². The average molecular weight is 172 g/mol. The van der Waals surface area contributed by atoms with Crippen molar-refractivity contribution in [1.29, 1.82) is 0 Å². The Balaban J connectivity index is 2.07. The lowest BCUT2D eigenvalue weighted by atomic mass is 10.1. The third-order valence-electron chi connectivity index (χ3n) is 2.08. The molecule has 3 unspecified atom stereocenters. The monoisotopic (exact) mass is 172 g/mol. The molecule has 2 aliphatic heterocycles. The van der Waals surface area contributed by atoms with Gasteiger partial charge in [0.1, 0.15) is 12.2 Å². The van der Waals surface area contributed by atoms with Crippen LogP contribution in [-0.2, 0) is 14.2 Å². The van der Waals surface area contributed by atoms with Gasteiger partial charge in [0.05, 0.1) is 12.9 Å². The lowest BCUT2D eigenvalue weighted by Gasteiger charge is -2.38. The summed E-state index contributed by atoms with van der Waals surface area (Å²) < 4.78 is 15.8. The number of aliphatic hydroxyl groups is 1. The molecule has 0 spiro atoms. The summed E-state index contributed by atoms with van der Waals surface area (Å²) in [7, 11) is 0. The van der Waals surface area contributed by atoms with Gasteiger partial charge in [0.2, 0.25) is 0 Å². The van der Waals surface area contributed by atoms with E-state index in [-0.39, 0.29) is 18.5 Å².